The molecule has 0 amide bonds. The molecule has 0 saturated carbocycles. The number of nitrogens with zero attached hydrogens (tertiary/aromatic N) is 3. The highest BCUT2D eigenvalue weighted by atomic mass is 35.5. The molecule has 2 aromatic rings. The summed E-state index contributed by atoms with van der Waals surface area (Å²) in [4.78, 5) is 2.47. The number of benzene rings is 1. The lowest BCUT2D eigenvalue weighted by Crippen LogP contribution is -2.52. The Morgan fingerprint density at radius 3 is 2.50 bits per heavy atom. The van der Waals surface area contributed by atoms with E-state index in [1.165, 1.54) is 25.9 Å². The third-order valence-electron chi connectivity index (χ3n) is 4.66. The van der Waals surface area contributed by atoms with Crippen molar-refractivity contribution < 1.29 is 4.74 Å². The van der Waals surface area contributed by atoms with E-state index < -0.39 is 0 Å². The van der Waals surface area contributed by atoms with E-state index in [-0.39, 0.29) is 6.10 Å². The van der Waals surface area contributed by atoms with E-state index in [0.717, 1.165) is 17.8 Å². The standard InChI is InChI=1S/C17H18ClN3O/c18-14-4-2-1-3-13(14)15-5-6-17(20-19-15)22-16-11-21-9-7-12(16)8-10-21/h1-6,12,16H,7-11H2/t16-/m0/s1. The van der Waals surface area contributed by atoms with Gasteiger partial charge < -0.3 is 4.74 Å². The van der Waals surface area contributed by atoms with Gasteiger partial charge in [-0.15, -0.1) is 10.2 Å². The van der Waals surface area contributed by atoms with Crippen LogP contribution in [0.2, 0.25) is 5.02 Å². The van der Waals surface area contributed by atoms with Gasteiger partial charge in [-0.1, -0.05) is 29.8 Å². The van der Waals surface area contributed by atoms with Crippen LogP contribution in [0, 0.1) is 5.92 Å². The molecule has 1 atom stereocenters. The predicted molar refractivity (Wildman–Crippen MR) is 86.1 cm³/mol. The number of rotatable bonds is 3. The number of hydrogen-bond acceptors (Lipinski definition) is 4. The van der Waals surface area contributed by atoms with Crippen LogP contribution >= 0.6 is 11.6 Å². The van der Waals surface area contributed by atoms with Gasteiger partial charge in [0.1, 0.15) is 6.10 Å². The number of ether oxygens (including phenoxy) is 1. The highest BCUT2D eigenvalue weighted by Gasteiger charge is 2.35. The fourth-order valence-electron chi connectivity index (χ4n) is 3.39. The van der Waals surface area contributed by atoms with Gasteiger partial charge in [0, 0.05) is 18.2 Å². The Balaban J connectivity index is 1.49. The molecule has 4 heterocycles. The van der Waals surface area contributed by atoms with Crippen LogP contribution in [0.15, 0.2) is 36.4 Å². The SMILES string of the molecule is Clc1ccccc1-c1ccc(O[C@H]2CN3CCC2CC3)nn1. The van der Waals surface area contributed by atoms with Crippen LogP contribution in [0.5, 0.6) is 5.88 Å². The molecule has 4 nitrogen and oxygen atoms in total. The third kappa shape index (κ3) is 2.69. The summed E-state index contributed by atoms with van der Waals surface area (Å²) in [5, 5.41) is 9.17. The number of piperidine rings is 3. The van der Waals surface area contributed by atoms with Gasteiger partial charge in [0.25, 0.3) is 0 Å². The minimum Gasteiger partial charge on any atom is -0.472 e. The number of hydrogen-bond donors (Lipinski definition) is 0. The lowest BCUT2D eigenvalue weighted by molar-refractivity contribution is -0.0103. The minimum atomic E-state index is 0.253. The quantitative estimate of drug-likeness (QED) is 0.871. The van der Waals surface area contributed by atoms with Gasteiger partial charge in [-0.25, -0.2) is 0 Å². The lowest BCUT2D eigenvalue weighted by Gasteiger charge is -2.44. The lowest BCUT2D eigenvalue weighted by atomic mass is 9.86. The Bertz CT molecular complexity index is 653. The molecule has 0 unspecified atom stereocenters. The summed E-state index contributed by atoms with van der Waals surface area (Å²) in [6.45, 7) is 3.43. The summed E-state index contributed by atoms with van der Waals surface area (Å²) < 4.78 is 6.06. The first kappa shape index (κ1) is 14.0. The van der Waals surface area contributed by atoms with Crippen LogP contribution in [0.25, 0.3) is 11.3 Å². The summed E-state index contributed by atoms with van der Waals surface area (Å²) in [6, 6.07) is 11.5. The van der Waals surface area contributed by atoms with Crippen LogP contribution in [-0.4, -0.2) is 40.8 Å². The minimum absolute atomic E-state index is 0.253. The predicted octanol–water partition coefficient (Wildman–Crippen LogP) is 3.27. The molecular weight excluding hydrogens is 298 g/mol. The van der Waals surface area contributed by atoms with E-state index in [9.17, 15) is 0 Å². The van der Waals surface area contributed by atoms with E-state index >= 15 is 0 Å². The first-order valence-electron chi connectivity index (χ1n) is 7.77. The Hall–Kier alpha value is -1.65. The number of aromatic nitrogens is 2. The van der Waals surface area contributed by atoms with Crippen molar-refractivity contribution in [3.63, 3.8) is 0 Å². The number of fused-ring (bicyclic) bond motifs is 3. The van der Waals surface area contributed by atoms with Gasteiger partial charge in [0.15, 0.2) is 0 Å². The summed E-state index contributed by atoms with van der Waals surface area (Å²) in [6.07, 6.45) is 2.72. The van der Waals surface area contributed by atoms with Crippen LogP contribution in [0.1, 0.15) is 12.8 Å². The van der Waals surface area contributed by atoms with Gasteiger partial charge in [-0.3, -0.25) is 4.90 Å². The number of halogens is 1. The highest BCUT2D eigenvalue weighted by molar-refractivity contribution is 6.33. The largest absolute Gasteiger partial charge is 0.472 e. The molecule has 3 aliphatic heterocycles. The van der Waals surface area contributed by atoms with Crippen LogP contribution in [0.3, 0.4) is 0 Å². The summed E-state index contributed by atoms with van der Waals surface area (Å²) >= 11 is 6.19. The van der Waals surface area contributed by atoms with Crippen LogP contribution < -0.4 is 4.74 Å². The van der Waals surface area contributed by atoms with Crippen LogP contribution in [-0.2, 0) is 0 Å². The molecule has 114 valence electrons. The van der Waals surface area contributed by atoms with Crippen LogP contribution in [0.4, 0.5) is 0 Å². The van der Waals surface area contributed by atoms with E-state index in [1.807, 2.05) is 36.4 Å². The fourth-order valence-corrected chi connectivity index (χ4v) is 3.63. The van der Waals surface area contributed by atoms with Crippen molar-refractivity contribution in [1.82, 2.24) is 15.1 Å². The Kier molecular flexibility index (Phi) is 3.72. The molecular formula is C17H18ClN3O. The van der Waals surface area contributed by atoms with Crippen molar-refractivity contribution in [2.24, 2.45) is 5.92 Å². The zero-order valence-corrected chi connectivity index (χ0v) is 13.0. The summed E-state index contributed by atoms with van der Waals surface area (Å²) in [5.41, 5.74) is 1.66. The molecule has 2 bridgehead atoms. The first-order valence-corrected chi connectivity index (χ1v) is 8.15. The van der Waals surface area contributed by atoms with Crippen molar-refractivity contribution in [1.29, 1.82) is 0 Å². The molecule has 5 rings (SSSR count). The van der Waals surface area contributed by atoms with E-state index in [0.29, 0.717) is 16.8 Å². The maximum absolute atomic E-state index is 6.19. The molecule has 3 saturated heterocycles. The second-order valence-electron chi connectivity index (χ2n) is 6.03. The molecule has 3 fully saturated rings. The second-order valence-corrected chi connectivity index (χ2v) is 6.44. The van der Waals surface area contributed by atoms with Gasteiger partial charge in [-0.05, 0) is 44.0 Å². The topological polar surface area (TPSA) is 38.2 Å². The summed E-state index contributed by atoms with van der Waals surface area (Å²) in [5.74, 6) is 1.27. The first-order chi connectivity index (χ1) is 10.8. The van der Waals surface area contributed by atoms with Crippen molar-refractivity contribution in [2.45, 2.75) is 18.9 Å². The Labute approximate surface area is 135 Å². The zero-order chi connectivity index (χ0) is 14.9. The molecule has 1 aromatic carbocycles. The van der Waals surface area contributed by atoms with Gasteiger partial charge in [0.2, 0.25) is 5.88 Å². The van der Waals surface area contributed by atoms with Crippen molar-refractivity contribution in [3.8, 4) is 17.1 Å². The molecule has 22 heavy (non-hydrogen) atoms. The molecule has 3 aliphatic rings. The van der Waals surface area contributed by atoms with E-state index in [2.05, 4.69) is 15.1 Å². The van der Waals surface area contributed by atoms with Gasteiger partial charge >= 0.3 is 0 Å². The monoisotopic (exact) mass is 315 g/mol. The fraction of sp³-hybridized carbons (Fsp3) is 0.412. The summed E-state index contributed by atoms with van der Waals surface area (Å²) in [7, 11) is 0. The maximum Gasteiger partial charge on any atom is 0.233 e. The van der Waals surface area contributed by atoms with E-state index in [1.54, 1.807) is 0 Å². The average molecular weight is 316 g/mol. The van der Waals surface area contributed by atoms with Crippen molar-refractivity contribution in [3.05, 3.63) is 41.4 Å². The third-order valence-corrected chi connectivity index (χ3v) is 4.99. The second kappa shape index (κ2) is 5.86. The molecule has 0 radical (unpaired) electrons. The average Bonchev–Trinajstić information content (AvgIpc) is 2.57. The normalized spacial score (nSPS) is 26.9. The Morgan fingerprint density at radius 2 is 1.86 bits per heavy atom. The maximum atomic E-state index is 6.19. The molecule has 0 N–H and O–H groups in total. The van der Waals surface area contributed by atoms with Gasteiger partial charge in [0.05, 0.1) is 10.7 Å². The molecule has 0 aliphatic carbocycles. The zero-order valence-electron chi connectivity index (χ0n) is 12.3. The molecule has 5 heteroatoms. The molecule has 0 spiro atoms. The van der Waals surface area contributed by atoms with Gasteiger partial charge in [-0.2, -0.15) is 0 Å². The Morgan fingerprint density at radius 1 is 1.05 bits per heavy atom. The smallest absolute Gasteiger partial charge is 0.233 e. The van der Waals surface area contributed by atoms with Crippen molar-refractivity contribution in [2.75, 3.05) is 19.6 Å². The van der Waals surface area contributed by atoms with E-state index in [4.69, 9.17) is 16.3 Å². The highest BCUT2D eigenvalue weighted by Crippen LogP contribution is 2.31. The molecule has 1 aromatic heterocycles. The van der Waals surface area contributed by atoms with Crippen molar-refractivity contribution >= 4 is 11.6 Å².